The highest BCUT2D eigenvalue weighted by atomic mass is 16.5. The first-order valence-corrected chi connectivity index (χ1v) is 8.52. The average molecular weight is 336 g/mol. The van der Waals surface area contributed by atoms with Crippen LogP contribution in [0, 0.1) is 0 Å². The third-order valence-corrected chi connectivity index (χ3v) is 3.41. The van der Waals surface area contributed by atoms with Crippen LogP contribution in [0.5, 0.6) is 0 Å². The van der Waals surface area contributed by atoms with Crippen molar-refractivity contribution in [3.63, 3.8) is 0 Å². The van der Waals surface area contributed by atoms with E-state index in [2.05, 4.69) is 51.7 Å². The Morgan fingerprint density at radius 3 is 2.46 bits per heavy atom. The van der Waals surface area contributed by atoms with Crippen molar-refractivity contribution in [3.05, 3.63) is 29.8 Å². The Kier molecular flexibility index (Phi) is 10.6. The summed E-state index contributed by atoms with van der Waals surface area (Å²) in [5.41, 5.74) is 2.39. The highest BCUT2D eigenvalue weighted by Crippen LogP contribution is 2.12. The summed E-state index contributed by atoms with van der Waals surface area (Å²) < 4.78 is 10.4. The number of rotatable bonds is 11. The fourth-order valence-corrected chi connectivity index (χ4v) is 2.04. The van der Waals surface area contributed by atoms with Gasteiger partial charge in [0, 0.05) is 46.6 Å². The van der Waals surface area contributed by atoms with Gasteiger partial charge < -0.3 is 25.0 Å². The first kappa shape index (κ1) is 20.3. The lowest BCUT2D eigenvalue weighted by molar-refractivity contribution is 0.0698. The zero-order valence-electron chi connectivity index (χ0n) is 15.5. The van der Waals surface area contributed by atoms with Gasteiger partial charge in [-0.2, -0.15) is 0 Å². The maximum Gasteiger partial charge on any atom is 0.191 e. The number of aliphatic imine (C=N–C) groups is 1. The van der Waals surface area contributed by atoms with E-state index in [0.717, 1.165) is 32.1 Å². The summed E-state index contributed by atoms with van der Waals surface area (Å²) in [6.07, 6.45) is 0.936. The predicted octanol–water partition coefficient (Wildman–Crippen LogP) is 1.86. The van der Waals surface area contributed by atoms with Crippen LogP contribution in [-0.4, -0.2) is 60.1 Å². The molecule has 0 aliphatic rings. The summed E-state index contributed by atoms with van der Waals surface area (Å²) in [6, 6.07) is 8.46. The van der Waals surface area contributed by atoms with E-state index in [1.54, 1.807) is 7.11 Å². The van der Waals surface area contributed by atoms with E-state index in [0.29, 0.717) is 19.8 Å². The third kappa shape index (κ3) is 8.74. The normalized spacial score (nSPS) is 11.4. The first-order valence-electron chi connectivity index (χ1n) is 8.52. The van der Waals surface area contributed by atoms with Crippen LogP contribution in [0.2, 0.25) is 0 Å². The highest BCUT2D eigenvalue weighted by Gasteiger charge is 1.99. The fourth-order valence-electron chi connectivity index (χ4n) is 2.04. The Morgan fingerprint density at radius 1 is 1.08 bits per heavy atom. The smallest absolute Gasteiger partial charge is 0.191 e. The van der Waals surface area contributed by atoms with Gasteiger partial charge in [0.15, 0.2) is 5.96 Å². The SMILES string of the molecule is CCNC(=NCc1ccc(N(C)C)cc1)NCCCOCCOC. The molecule has 1 rings (SSSR count). The third-order valence-electron chi connectivity index (χ3n) is 3.41. The number of methoxy groups -OCH3 is 1. The molecule has 1 aromatic rings. The summed E-state index contributed by atoms with van der Waals surface area (Å²) in [5, 5.41) is 6.59. The van der Waals surface area contributed by atoms with E-state index in [-0.39, 0.29) is 0 Å². The van der Waals surface area contributed by atoms with Gasteiger partial charge in [0.2, 0.25) is 0 Å². The second kappa shape index (κ2) is 12.6. The van der Waals surface area contributed by atoms with Crippen molar-refractivity contribution >= 4 is 11.6 Å². The van der Waals surface area contributed by atoms with Crippen molar-refractivity contribution in [3.8, 4) is 0 Å². The van der Waals surface area contributed by atoms with Gasteiger partial charge in [-0.1, -0.05) is 12.1 Å². The topological polar surface area (TPSA) is 58.1 Å². The molecule has 0 amide bonds. The summed E-state index contributed by atoms with van der Waals surface area (Å²) in [5.74, 6) is 0.839. The average Bonchev–Trinajstić information content (AvgIpc) is 2.59. The second-order valence-corrected chi connectivity index (χ2v) is 5.64. The zero-order chi connectivity index (χ0) is 17.6. The minimum atomic E-state index is 0.643. The largest absolute Gasteiger partial charge is 0.382 e. The molecule has 0 saturated carbocycles. The van der Waals surface area contributed by atoms with Gasteiger partial charge in [-0.05, 0) is 31.0 Å². The van der Waals surface area contributed by atoms with Crippen LogP contribution in [0.1, 0.15) is 18.9 Å². The van der Waals surface area contributed by atoms with Crippen LogP contribution < -0.4 is 15.5 Å². The molecule has 0 atom stereocenters. The Morgan fingerprint density at radius 2 is 1.83 bits per heavy atom. The van der Waals surface area contributed by atoms with Gasteiger partial charge in [-0.3, -0.25) is 0 Å². The van der Waals surface area contributed by atoms with Gasteiger partial charge in [0.25, 0.3) is 0 Å². The Bertz CT molecular complexity index is 461. The molecule has 0 unspecified atom stereocenters. The number of benzene rings is 1. The number of hydrogen-bond acceptors (Lipinski definition) is 4. The molecule has 0 radical (unpaired) electrons. The maximum atomic E-state index is 5.45. The summed E-state index contributed by atoms with van der Waals surface area (Å²) >= 11 is 0. The number of guanidine groups is 1. The quantitative estimate of drug-likeness (QED) is 0.367. The number of hydrogen-bond donors (Lipinski definition) is 2. The van der Waals surface area contributed by atoms with Gasteiger partial charge >= 0.3 is 0 Å². The summed E-state index contributed by atoms with van der Waals surface area (Å²) in [6.45, 7) is 6.41. The maximum absolute atomic E-state index is 5.45. The summed E-state index contributed by atoms with van der Waals surface area (Å²) in [4.78, 5) is 6.72. The minimum absolute atomic E-state index is 0.643. The number of nitrogens with one attached hydrogen (secondary N) is 2. The van der Waals surface area contributed by atoms with Gasteiger partial charge in [0.05, 0.1) is 19.8 Å². The lowest BCUT2D eigenvalue weighted by Crippen LogP contribution is -2.38. The van der Waals surface area contributed by atoms with Crippen LogP contribution in [0.4, 0.5) is 5.69 Å². The molecule has 0 saturated heterocycles. The molecule has 0 aliphatic carbocycles. The van der Waals surface area contributed by atoms with Crippen molar-refractivity contribution < 1.29 is 9.47 Å². The van der Waals surface area contributed by atoms with Crippen molar-refractivity contribution in [1.29, 1.82) is 0 Å². The Hall–Kier alpha value is -1.79. The minimum Gasteiger partial charge on any atom is -0.382 e. The molecule has 6 heteroatoms. The molecule has 136 valence electrons. The molecular weight excluding hydrogens is 304 g/mol. The van der Waals surface area contributed by atoms with E-state index in [9.17, 15) is 0 Å². The molecule has 0 heterocycles. The van der Waals surface area contributed by atoms with E-state index < -0.39 is 0 Å². The van der Waals surface area contributed by atoms with Crippen LogP contribution in [-0.2, 0) is 16.0 Å². The van der Waals surface area contributed by atoms with Crippen molar-refractivity contribution in [2.75, 3.05) is 59.0 Å². The van der Waals surface area contributed by atoms with Crippen molar-refractivity contribution in [1.82, 2.24) is 10.6 Å². The zero-order valence-corrected chi connectivity index (χ0v) is 15.5. The molecule has 0 bridgehead atoms. The molecular formula is C18H32N4O2. The Labute approximate surface area is 146 Å². The predicted molar refractivity (Wildman–Crippen MR) is 101 cm³/mol. The van der Waals surface area contributed by atoms with Crippen LogP contribution in [0.15, 0.2) is 29.3 Å². The van der Waals surface area contributed by atoms with Crippen LogP contribution in [0.3, 0.4) is 0 Å². The van der Waals surface area contributed by atoms with E-state index in [1.807, 2.05) is 14.1 Å². The lowest BCUT2D eigenvalue weighted by Gasteiger charge is -2.13. The number of anilines is 1. The molecule has 24 heavy (non-hydrogen) atoms. The molecule has 0 fully saturated rings. The second-order valence-electron chi connectivity index (χ2n) is 5.64. The van der Waals surface area contributed by atoms with E-state index in [1.165, 1.54) is 11.3 Å². The van der Waals surface area contributed by atoms with Gasteiger partial charge in [-0.25, -0.2) is 4.99 Å². The summed E-state index contributed by atoms with van der Waals surface area (Å²) in [7, 11) is 5.76. The monoisotopic (exact) mass is 336 g/mol. The van der Waals surface area contributed by atoms with Crippen molar-refractivity contribution in [2.45, 2.75) is 19.9 Å². The highest BCUT2D eigenvalue weighted by molar-refractivity contribution is 5.79. The van der Waals surface area contributed by atoms with Crippen LogP contribution >= 0.6 is 0 Å². The van der Waals surface area contributed by atoms with Gasteiger partial charge in [0.1, 0.15) is 0 Å². The molecule has 6 nitrogen and oxygen atoms in total. The molecule has 2 N–H and O–H groups in total. The Balaban J connectivity index is 2.36. The first-order chi connectivity index (χ1) is 11.7. The lowest BCUT2D eigenvalue weighted by atomic mass is 10.2. The molecule has 0 aromatic heterocycles. The van der Waals surface area contributed by atoms with E-state index >= 15 is 0 Å². The van der Waals surface area contributed by atoms with Crippen LogP contribution in [0.25, 0.3) is 0 Å². The van der Waals surface area contributed by atoms with Gasteiger partial charge in [-0.15, -0.1) is 0 Å². The van der Waals surface area contributed by atoms with Crippen molar-refractivity contribution in [2.24, 2.45) is 4.99 Å². The van der Waals surface area contributed by atoms with E-state index in [4.69, 9.17) is 9.47 Å². The molecule has 1 aromatic carbocycles. The fraction of sp³-hybridized carbons (Fsp3) is 0.611. The molecule has 0 aliphatic heterocycles. The standard InChI is InChI=1S/C18H32N4O2/c1-5-19-18(20-11-6-12-24-14-13-23-4)21-15-16-7-9-17(10-8-16)22(2)3/h7-10H,5-6,11-15H2,1-4H3,(H2,19,20,21). The number of nitrogens with zero attached hydrogens (tertiary/aromatic N) is 2. The number of ether oxygens (including phenoxy) is 2. The molecule has 0 spiro atoms.